The van der Waals surface area contributed by atoms with Crippen molar-refractivity contribution >= 4 is 12.0 Å². The fraction of sp³-hybridized carbons (Fsp3) is 0.133. The molecule has 1 aromatic carbocycles. The van der Waals surface area contributed by atoms with Crippen molar-refractivity contribution in [1.82, 2.24) is 0 Å². The number of halogens is 3. The quantitative estimate of drug-likeness (QED) is 0.854. The number of carboxylic acids is 1. The van der Waals surface area contributed by atoms with Gasteiger partial charge in [-0.2, -0.15) is 0 Å². The molecule has 0 aliphatic rings. The molecule has 0 aliphatic heterocycles. The van der Waals surface area contributed by atoms with Gasteiger partial charge in [0.25, 0.3) is 0 Å². The second kappa shape index (κ2) is 5.97. The summed E-state index contributed by atoms with van der Waals surface area (Å²) >= 11 is 0. The van der Waals surface area contributed by atoms with Crippen molar-refractivity contribution in [3.05, 3.63) is 47.7 Å². The predicted octanol–water partition coefficient (Wildman–Crippen LogP) is 4.33. The van der Waals surface area contributed by atoms with Gasteiger partial charge in [-0.05, 0) is 37.3 Å². The molecule has 0 fully saturated rings. The lowest BCUT2D eigenvalue weighted by atomic mass is 10.1. The highest BCUT2D eigenvalue weighted by atomic mass is 19.4. The van der Waals surface area contributed by atoms with Crippen LogP contribution in [0.3, 0.4) is 0 Å². The van der Waals surface area contributed by atoms with Crippen LogP contribution in [-0.2, 0) is 4.79 Å². The number of benzene rings is 1. The van der Waals surface area contributed by atoms with Gasteiger partial charge in [-0.15, -0.1) is 13.2 Å². The number of carboxylic acid groups (broad SMARTS) is 1. The highest BCUT2D eigenvalue weighted by Gasteiger charge is 2.31. The molecule has 0 atom stereocenters. The summed E-state index contributed by atoms with van der Waals surface area (Å²) in [6.45, 7) is 1.41. The maximum atomic E-state index is 12.2. The van der Waals surface area contributed by atoms with E-state index in [0.717, 1.165) is 0 Å². The Morgan fingerprint density at radius 3 is 2.64 bits per heavy atom. The summed E-state index contributed by atoms with van der Waals surface area (Å²) in [5, 5.41) is 8.78. The number of carbonyl (C=O) groups is 1. The number of aliphatic carboxylic acids is 1. The molecule has 0 saturated carbocycles. The minimum atomic E-state index is -4.77. The summed E-state index contributed by atoms with van der Waals surface area (Å²) in [7, 11) is 0. The zero-order valence-corrected chi connectivity index (χ0v) is 11.3. The van der Waals surface area contributed by atoms with E-state index in [0.29, 0.717) is 11.3 Å². The molecule has 2 rings (SSSR count). The number of rotatable bonds is 4. The lowest BCUT2D eigenvalue weighted by Gasteiger charge is -2.09. The maximum absolute atomic E-state index is 12.2. The fourth-order valence-electron chi connectivity index (χ4n) is 1.71. The Bertz CT molecular complexity index is 714. The smallest absolute Gasteiger partial charge is 0.478 e. The van der Waals surface area contributed by atoms with Crippen LogP contribution in [0.4, 0.5) is 13.2 Å². The second-order valence-corrected chi connectivity index (χ2v) is 4.41. The van der Waals surface area contributed by atoms with Gasteiger partial charge in [0, 0.05) is 11.1 Å². The molecule has 4 nitrogen and oxygen atoms in total. The Hall–Kier alpha value is -2.70. The van der Waals surface area contributed by atoms with Crippen molar-refractivity contribution in [2.24, 2.45) is 0 Å². The molecule has 0 saturated heterocycles. The summed E-state index contributed by atoms with van der Waals surface area (Å²) in [5.41, 5.74) is 0.462. The SMILES string of the molecule is C/C(=C\c1ccc(-c2cccc(OC(F)(F)F)c2)o1)C(=O)O. The van der Waals surface area contributed by atoms with Crippen molar-refractivity contribution in [3.63, 3.8) is 0 Å². The van der Waals surface area contributed by atoms with Crippen LogP contribution < -0.4 is 4.74 Å². The summed E-state index contributed by atoms with van der Waals surface area (Å²) in [6.07, 6.45) is -3.45. The monoisotopic (exact) mass is 312 g/mol. The highest BCUT2D eigenvalue weighted by molar-refractivity contribution is 5.91. The molecular formula is C15H11F3O4. The molecule has 116 valence electrons. The molecular weight excluding hydrogens is 301 g/mol. The van der Waals surface area contributed by atoms with E-state index in [4.69, 9.17) is 9.52 Å². The Morgan fingerprint density at radius 2 is 2.00 bits per heavy atom. The zero-order chi connectivity index (χ0) is 16.3. The van der Waals surface area contributed by atoms with E-state index in [2.05, 4.69) is 4.74 Å². The van der Waals surface area contributed by atoms with Crippen LogP contribution in [-0.4, -0.2) is 17.4 Å². The molecule has 1 N–H and O–H groups in total. The van der Waals surface area contributed by atoms with E-state index in [9.17, 15) is 18.0 Å². The predicted molar refractivity (Wildman–Crippen MR) is 72.1 cm³/mol. The van der Waals surface area contributed by atoms with Gasteiger partial charge < -0.3 is 14.3 Å². The minimum absolute atomic E-state index is 0.0788. The van der Waals surface area contributed by atoms with Gasteiger partial charge in [-0.3, -0.25) is 0 Å². The summed E-state index contributed by atoms with van der Waals surface area (Å²) < 4.78 is 45.8. The van der Waals surface area contributed by atoms with Crippen LogP contribution in [0.2, 0.25) is 0 Å². The van der Waals surface area contributed by atoms with Gasteiger partial charge in [0.1, 0.15) is 17.3 Å². The van der Waals surface area contributed by atoms with Crippen molar-refractivity contribution in [3.8, 4) is 17.1 Å². The number of furan rings is 1. The molecule has 0 spiro atoms. The standard InChI is InChI=1S/C15H11F3O4/c1-9(14(19)20)7-11-5-6-13(21-11)10-3-2-4-12(8-10)22-15(16,17)18/h2-8H,1H3,(H,19,20)/b9-7+. The number of alkyl halides is 3. The van der Waals surface area contributed by atoms with Crippen molar-refractivity contribution in [2.45, 2.75) is 13.3 Å². The molecule has 1 heterocycles. The average molecular weight is 312 g/mol. The third-order valence-corrected chi connectivity index (χ3v) is 2.68. The van der Waals surface area contributed by atoms with E-state index in [-0.39, 0.29) is 17.1 Å². The molecule has 0 amide bonds. The first-order valence-corrected chi connectivity index (χ1v) is 6.12. The largest absolute Gasteiger partial charge is 0.573 e. The Kier molecular flexibility index (Phi) is 4.25. The molecule has 0 unspecified atom stereocenters. The van der Waals surface area contributed by atoms with E-state index < -0.39 is 12.3 Å². The minimum Gasteiger partial charge on any atom is -0.478 e. The fourth-order valence-corrected chi connectivity index (χ4v) is 1.71. The van der Waals surface area contributed by atoms with E-state index >= 15 is 0 Å². The summed E-state index contributed by atoms with van der Waals surface area (Å²) in [5.74, 6) is -0.854. The van der Waals surface area contributed by atoms with Gasteiger partial charge >= 0.3 is 12.3 Å². The Labute approximate surface area is 123 Å². The third kappa shape index (κ3) is 4.15. The lowest BCUT2D eigenvalue weighted by molar-refractivity contribution is -0.274. The lowest BCUT2D eigenvalue weighted by Crippen LogP contribution is -2.17. The van der Waals surface area contributed by atoms with Gasteiger partial charge in [0.05, 0.1) is 0 Å². The topological polar surface area (TPSA) is 59.7 Å². The number of ether oxygens (including phenoxy) is 1. The second-order valence-electron chi connectivity index (χ2n) is 4.41. The normalized spacial score (nSPS) is 12.3. The first-order chi connectivity index (χ1) is 10.2. The van der Waals surface area contributed by atoms with E-state index in [1.165, 1.54) is 43.3 Å². The van der Waals surface area contributed by atoms with Gasteiger partial charge in [-0.25, -0.2) is 4.79 Å². The van der Waals surface area contributed by atoms with E-state index in [1.807, 2.05) is 0 Å². The summed E-state index contributed by atoms with van der Waals surface area (Å²) in [6, 6.07) is 8.38. The van der Waals surface area contributed by atoms with Gasteiger partial charge in [-0.1, -0.05) is 12.1 Å². The van der Waals surface area contributed by atoms with Crippen molar-refractivity contribution < 1.29 is 32.2 Å². The van der Waals surface area contributed by atoms with E-state index in [1.54, 1.807) is 6.07 Å². The first kappa shape index (κ1) is 15.7. The zero-order valence-electron chi connectivity index (χ0n) is 11.3. The van der Waals surface area contributed by atoms with Crippen LogP contribution in [0.1, 0.15) is 12.7 Å². The molecule has 1 aromatic heterocycles. The molecule has 0 aliphatic carbocycles. The molecule has 22 heavy (non-hydrogen) atoms. The van der Waals surface area contributed by atoms with Crippen LogP contribution in [0, 0.1) is 0 Å². The van der Waals surface area contributed by atoms with Crippen LogP contribution in [0.15, 0.2) is 46.4 Å². The third-order valence-electron chi connectivity index (χ3n) is 2.68. The van der Waals surface area contributed by atoms with Crippen molar-refractivity contribution in [2.75, 3.05) is 0 Å². The van der Waals surface area contributed by atoms with Crippen molar-refractivity contribution in [1.29, 1.82) is 0 Å². The van der Waals surface area contributed by atoms with Crippen LogP contribution in [0.25, 0.3) is 17.4 Å². The molecule has 0 radical (unpaired) electrons. The Balaban J connectivity index is 2.26. The number of hydrogen-bond acceptors (Lipinski definition) is 3. The highest BCUT2D eigenvalue weighted by Crippen LogP contribution is 2.29. The van der Waals surface area contributed by atoms with Gasteiger partial charge in [0.15, 0.2) is 0 Å². The molecule has 0 bridgehead atoms. The molecule has 7 heteroatoms. The number of hydrogen-bond donors (Lipinski definition) is 1. The first-order valence-electron chi connectivity index (χ1n) is 6.12. The van der Waals surface area contributed by atoms with Crippen LogP contribution >= 0.6 is 0 Å². The summed E-state index contributed by atoms with van der Waals surface area (Å²) in [4.78, 5) is 10.7. The Morgan fingerprint density at radius 1 is 1.27 bits per heavy atom. The van der Waals surface area contributed by atoms with Gasteiger partial charge in [0.2, 0.25) is 0 Å². The van der Waals surface area contributed by atoms with Crippen LogP contribution in [0.5, 0.6) is 5.75 Å². The maximum Gasteiger partial charge on any atom is 0.573 e. The average Bonchev–Trinajstić information content (AvgIpc) is 2.85. The molecule has 2 aromatic rings.